The van der Waals surface area contributed by atoms with Crippen LogP contribution in [0.1, 0.15) is 19.5 Å². The molecule has 0 aliphatic carbocycles. The summed E-state index contributed by atoms with van der Waals surface area (Å²) in [4.78, 5) is 11.9. The van der Waals surface area contributed by atoms with Crippen molar-refractivity contribution in [1.82, 2.24) is 14.9 Å². The smallest absolute Gasteiger partial charge is 0.148 e. The van der Waals surface area contributed by atoms with Crippen LogP contribution in [-0.4, -0.2) is 53.8 Å². The first kappa shape index (κ1) is 16.1. The number of aromatic nitrogens is 2. The molecule has 0 amide bonds. The lowest BCUT2D eigenvalue weighted by Gasteiger charge is -2.37. The van der Waals surface area contributed by atoms with Gasteiger partial charge in [0.2, 0.25) is 0 Å². The topological polar surface area (TPSA) is 50.3 Å². The van der Waals surface area contributed by atoms with Crippen LogP contribution < -0.4 is 5.32 Å². The lowest BCUT2D eigenvalue weighted by atomic mass is 10.0. The number of para-hydroxylation sites is 2. The summed E-state index contributed by atoms with van der Waals surface area (Å²) < 4.78 is 5.48. The molecule has 124 valence electrons. The molecule has 1 fully saturated rings. The fourth-order valence-corrected chi connectivity index (χ4v) is 3.15. The highest BCUT2D eigenvalue weighted by Crippen LogP contribution is 2.18. The number of anilines is 1. The van der Waals surface area contributed by atoms with Gasteiger partial charge in [0, 0.05) is 25.7 Å². The molecule has 1 N–H and O–H groups in total. The Balaban J connectivity index is 1.73. The molecule has 0 spiro atoms. The Labute approximate surface area is 138 Å². The summed E-state index contributed by atoms with van der Waals surface area (Å²) in [6.07, 6.45) is 0. The Kier molecular flexibility index (Phi) is 5.08. The minimum Gasteiger partial charge on any atom is -0.379 e. The Morgan fingerprint density at radius 1 is 1.13 bits per heavy atom. The van der Waals surface area contributed by atoms with E-state index < -0.39 is 0 Å². The predicted molar refractivity (Wildman–Crippen MR) is 93.8 cm³/mol. The molecule has 0 saturated carbocycles. The molecule has 2 heterocycles. The van der Waals surface area contributed by atoms with Gasteiger partial charge in [-0.15, -0.1) is 0 Å². The monoisotopic (exact) mass is 314 g/mol. The maximum absolute atomic E-state index is 5.48. The molecule has 5 heteroatoms. The third-order valence-electron chi connectivity index (χ3n) is 4.51. The number of benzene rings is 1. The summed E-state index contributed by atoms with van der Waals surface area (Å²) in [5.74, 6) is 1.47. The second-order valence-electron chi connectivity index (χ2n) is 6.49. The number of hydrogen-bond acceptors (Lipinski definition) is 5. The van der Waals surface area contributed by atoms with E-state index in [-0.39, 0.29) is 0 Å². The standard InChI is InChI=1S/C18H26N4O/c1-13(2)17(22-8-10-23-11-9-22)12-19-18-14(3)20-15-6-4-5-7-16(15)21-18/h4-7,13,17H,8-12H2,1-3H3,(H,19,21)/t17-/m1/s1. The summed E-state index contributed by atoms with van der Waals surface area (Å²) in [6.45, 7) is 11.1. The van der Waals surface area contributed by atoms with Crippen LogP contribution in [-0.2, 0) is 4.74 Å². The Bertz CT molecular complexity index is 653. The van der Waals surface area contributed by atoms with Crippen LogP contribution in [0.5, 0.6) is 0 Å². The van der Waals surface area contributed by atoms with Crippen LogP contribution in [0.2, 0.25) is 0 Å². The van der Waals surface area contributed by atoms with Crippen molar-refractivity contribution in [1.29, 1.82) is 0 Å². The van der Waals surface area contributed by atoms with E-state index in [4.69, 9.17) is 9.72 Å². The van der Waals surface area contributed by atoms with Gasteiger partial charge in [0.05, 0.1) is 29.9 Å². The molecule has 1 aliphatic rings. The van der Waals surface area contributed by atoms with E-state index in [9.17, 15) is 0 Å². The minimum atomic E-state index is 0.478. The summed E-state index contributed by atoms with van der Waals surface area (Å²) in [7, 11) is 0. The molecule has 0 unspecified atom stereocenters. The first-order valence-corrected chi connectivity index (χ1v) is 8.44. The maximum atomic E-state index is 5.48. The number of rotatable bonds is 5. The van der Waals surface area contributed by atoms with Gasteiger partial charge in [-0.3, -0.25) is 4.90 Å². The molecule has 2 aromatic rings. The van der Waals surface area contributed by atoms with Crippen molar-refractivity contribution in [2.24, 2.45) is 5.92 Å². The van der Waals surface area contributed by atoms with E-state index in [1.54, 1.807) is 0 Å². The van der Waals surface area contributed by atoms with Crippen molar-refractivity contribution in [2.75, 3.05) is 38.2 Å². The molecular weight excluding hydrogens is 288 g/mol. The van der Waals surface area contributed by atoms with Crippen molar-refractivity contribution < 1.29 is 4.74 Å². The molecule has 23 heavy (non-hydrogen) atoms. The van der Waals surface area contributed by atoms with Crippen molar-refractivity contribution in [2.45, 2.75) is 26.8 Å². The number of nitrogens with one attached hydrogen (secondary N) is 1. The molecule has 1 aromatic heterocycles. The van der Waals surface area contributed by atoms with Crippen LogP contribution in [0.3, 0.4) is 0 Å². The van der Waals surface area contributed by atoms with E-state index in [0.717, 1.165) is 55.4 Å². The largest absolute Gasteiger partial charge is 0.379 e. The van der Waals surface area contributed by atoms with E-state index in [1.165, 1.54) is 0 Å². The van der Waals surface area contributed by atoms with Gasteiger partial charge in [0.15, 0.2) is 0 Å². The second kappa shape index (κ2) is 7.23. The SMILES string of the molecule is Cc1nc2ccccc2nc1NC[C@H](C(C)C)N1CCOCC1. The number of morpholine rings is 1. The highest BCUT2D eigenvalue weighted by atomic mass is 16.5. The van der Waals surface area contributed by atoms with Gasteiger partial charge in [-0.2, -0.15) is 0 Å². The van der Waals surface area contributed by atoms with Crippen molar-refractivity contribution in [3.05, 3.63) is 30.0 Å². The lowest BCUT2D eigenvalue weighted by Crippen LogP contribution is -2.49. The average Bonchev–Trinajstić information content (AvgIpc) is 2.56. The first-order chi connectivity index (χ1) is 11.1. The quantitative estimate of drug-likeness (QED) is 0.919. The van der Waals surface area contributed by atoms with Gasteiger partial charge < -0.3 is 10.1 Å². The van der Waals surface area contributed by atoms with E-state index in [2.05, 4.69) is 29.0 Å². The zero-order valence-electron chi connectivity index (χ0n) is 14.2. The maximum Gasteiger partial charge on any atom is 0.148 e. The van der Waals surface area contributed by atoms with Crippen LogP contribution >= 0.6 is 0 Å². The number of nitrogens with zero attached hydrogens (tertiary/aromatic N) is 3. The zero-order valence-corrected chi connectivity index (χ0v) is 14.2. The molecule has 1 aromatic carbocycles. The molecule has 3 rings (SSSR count). The molecular formula is C18H26N4O. The number of fused-ring (bicyclic) bond motifs is 1. The normalized spacial score (nSPS) is 17.6. The number of aryl methyl sites for hydroxylation is 1. The summed E-state index contributed by atoms with van der Waals surface area (Å²) >= 11 is 0. The Hall–Kier alpha value is -1.72. The molecule has 1 saturated heterocycles. The first-order valence-electron chi connectivity index (χ1n) is 8.44. The highest BCUT2D eigenvalue weighted by Gasteiger charge is 2.23. The van der Waals surface area contributed by atoms with Gasteiger partial charge in [-0.1, -0.05) is 26.0 Å². The van der Waals surface area contributed by atoms with Gasteiger partial charge in [0.25, 0.3) is 0 Å². The van der Waals surface area contributed by atoms with Gasteiger partial charge in [-0.25, -0.2) is 9.97 Å². The predicted octanol–water partition coefficient (Wildman–Crippen LogP) is 2.71. The summed E-state index contributed by atoms with van der Waals surface area (Å²) in [5, 5.41) is 3.53. The van der Waals surface area contributed by atoms with E-state index in [0.29, 0.717) is 12.0 Å². The van der Waals surface area contributed by atoms with Crippen LogP contribution in [0.4, 0.5) is 5.82 Å². The van der Waals surface area contributed by atoms with Gasteiger partial charge in [0.1, 0.15) is 5.82 Å². The molecule has 1 atom stereocenters. The summed E-state index contributed by atoms with van der Waals surface area (Å²) in [5.41, 5.74) is 2.84. The summed E-state index contributed by atoms with van der Waals surface area (Å²) in [6, 6.07) is 8.49. The average molecular weight is 314 g/mol. The third kappa shape index (κ3) is 3.79. The van der Waals surface area contributed by atoms with Crippen LogP contribution in [0.25, 0.3) is 11.0 Å². The number of ether oxygens (including phenoxy) is 1. The second-order valence-corrected chi connectivity index (χ2v) is 6.49. The fourth-order valence-electron chi connectivity index (χ4n) is 3.15. The lowest BCUT2D eigenvalue weighted by molar-refractivity contribution is 0.00953. The fraction of sp³-hybridized carbons (Fsp3) is 0.556. The third-order valence-corrected chi connectivity index (χ3v) is 4.51. The highest BCUT2D eigenvalue weighted by molar-refractivity contribution is 5.76. The van der Waals surface area contributed by atoms with Crippen molar-refractivity contribution in [3.63, 3.8) is 0 Å². The van der Waals surface area contributed by atoms with Crippen molar-refractivity contribution in [3.8, 4) is 0 Å². The molecule has 1 aliphatic heterocycles. The molecule has 0 radical (unpaired) electrons. The molecule has 0 bridgehead atoms. The van der Waals surface area contributed by atoms with Crippen molar-refractivity contribution >= 4 is 16.9 Å². The van der Waals surface area contributed by atoms with Crippen LogP contribution in [0, 0.1) is 12.8 Å². The van der Waals surface area contributed by atoms with Crippen LogP contribution in [0.15, 0.2) is 24.3 Å². The molecule has 5 nitrogen and oxygen atoms in total. The van der Waals surface area contributed by atoms with Gasteiger partial charge in [-0.05, 0) is 25.0 Å². The Morgan fingerprint density at radius 2 is 1.78 bits per heavy atom. The van der Waals surface area contributed by atoms with E-state index in [1.807, 2.05) is 31.2 Å². The van der Waals surface area contributed by atoms with Gasteiger partial charge >= 0.3 is 0 Å². The van der Waals surface area contributed by atoms with E-state index >= 15 is 0 Å². The zero-order chi connectivity index (χ0) is 16.2. The number of hydrogen-bond donors (Lipinski definition) is 1. The Morgan fingerprint density at radius 3 is 2.43 bits per heavy atom. The minimum absolute atomic E-state index is 0.478.